The molecule has 138 valence electrons. The molecule has 0 spiro atoms. The Kier molecular flexibility index (Phi) is 5.71. The zero-order valence-electron chi connectivity index (χ0n) is 15.4. The van der Waals surface area contributed by atoms with Crippen LogP contribution in [0, 0.1) is 13.8 Å². The van der Waals surface area contributed by atoms with Gasteiger partial charge in [0.2, 0.25) is 5.91 Å². The smallest absolute Gasteiger partial charge is 0.273 e. The van der Waals surface area contributed by atoms with Crippen molar-refractivity contribution in [2.24, 2.45) is 0 Å². The molecule has 3 rings (SSSR count). The minimum absolute atomic E-state index is 0.0952. The van der Waals surface area contributed by atoms with Gasteiger partial charge in [0, 0.05) is 12.3 Å². The number of benzene rings is 2. The molecule has 3 aromatic rings. The van der Waals surface area contributed by atoms with Gasteiger partial charge < -0.3 is 4.42 Å². The van der Waals surface area contributed by atoms with E-state index in [1.54, 1.807) is 19.9 Å². The van der Waals surface area contributed by atoms with Crippen LogP contribution < -0.4 is 10.9 Å². The fraction of sp³-hybridized carbons (Fsp3) is 0.182. The first-order valence-electron chi connectivity index (χ1n) is 8.80. The van der Waals surface area contributed by atoms with Crippen LogP contribution in [-0.4, -0.2) is 11.8 Å². The lowest BCUT2D eigenvalue weighted by Crippen LogP contribution is -2.42. The first-order valence-corrected chi connectivity index (χ1v) is 8.80. The molecule has 5 nitrogen and oxygen atoms in total. The number of carbonyl (C=O) groups is 2. The highest BCUT2D eigenvalue weighted by atomic mass is 16.3. The van der Waals surface area contributed by atoms with Crippen molar-refractivity contribution in [3.05, 3.63) is 94.9 Å². The monoisotopic (exact) mass is 362 g/mol. The summed E-state index contributed by atoms with van der Waals surface area (Å²) in [5, 5.41) is 0. The van der Waals surface area contributed by atoms with E-state index in [4.69, 9.17) is 4.42 Å². The Balaban J connectivity index is 1.68. The van der Waals surface area contributed by atoms with E-state index in [2.05, 4.69) is 10.9 Å². The standard InChI is InChI=1S/C22H22N2O3/c1-15-13-19(16(2)27-15)22(26)24-23-21(25)14-20(17-9-5-3-6-10-17)18-11-7-4-8-12-18/h3-13,20H,14H2,1-2H3,(H,23,25)(H,24,26). The molecule has 0 fully saturated rings. The molecule has 0 atom stereocenters. The second-order valence-corrected chi connectivity index (χ2v) is 6.41. The van der Waals surface area contributed by atoms with Crippen molar-refractivity contribution < 1.29 is 14.0 Å². The van der Waals surface area contributed by atoms with E-state index < -0.39 is 5.91 Å². The molecule has 0 saturated heterocycles. The Morgan fingerprint density at radius 1 is 0.889 bits per heavy atom. The quantitative estimate of drug-likeness (QED) is 0.677. The third-order valence-corrected chi connectivity index (χ3v) is 4.39. The number of aryl methyl sites for hydroxylation is 2. The van der Waals surface area contributed by atoms with Crippen LogP contribution in [0.15, 0.2) is 71.1 Å². The van der Waals surface area contributed by atoms with Crippen molar-refractivity contribution in [1.29, 1.82) is 0 Å². The highest BCUT2D eigenvalue weighted by Gasteiger charge is 2.19. The van der Waals surface area contributed by atoms with Crippen molar-refractivity contribution in [3.63, 3.8) is 0 Å². The molecule has 2 aromatic carbocycles. The maximum atomic E-state index is 12.5. The topological polar surface area (TPSA) is 71.3 Å². The number of furan rings is 1. The van der Waals surface area contributed by atoms with E-state index in [0.717, 1.165) is 11.1 Å². The summed E-state index contributed by atoms with van der Waals surface area (Å²) in [4.78, 5) is 24.7. The van der Waals surface area contributed by atoms with Crippen molar-refractivity contribution in [2.75, 3.05) is 0 Å². The van der Waals surface area contributed by atoms with Gasteiger partial charge in [0.15, 0.2) is 0 Å². The van der Waals surface area contributed by atoms with Crippen LogP contribution in [0.3, 0.4) is 0 Å². The molecule has 0 unspecified atom stereocenters. The van der Waals surface area contributed by atoms with Gasteiger partial charge in [-0.2, -0.15) is 0 Å². The lowest BCUT2D eigenvalue weighted by Gasteiger charge is -2.18. The maximum Gasteiger partial charge on any atom is 0.273 e. The lowest BCUT2D eigenvalue weighted by atomic mass is 9.88. The summed E-state index contributed by atoms with van der Waals surface area (Å²) in [5.41, 5.74) is 7.48. The number of amides is 2. The third-order valence-electron chi connectivity index (χ3n) is 4.39. The lowest BCUT2D eigenvalue weighted by molar-refractivity contribution is -0.122. The van der Waals surface area contributed by atoms with Gasteiger partial charge in [-0.3, -0.25) is 20.4 Å². The number of rotatable bonds is 5. The van der Waals surface area contributed by atoms with Crippen LogP contribution in [0.5, 0.6) is 0 Å². The molecule has 1 aromatic heterocycles. The van der Waals surface area contributed by atoms with E-state index in [1.807, 2.05) is 60.7 Å². The zero-order chi connectivity index (χ0) is 19.2. The van der Waals surface area contributed by atoms with Gasteiger partial charge in [0.05, 0.1) is 5.56 Å². The minimum atomic E-state index is -0.395. The van der Waals surface area contributed by atoms with Crippen molar-refractivity contribution in [1.82, 2.24) is 10.9 Å². The zero-order valence-corrected chi connectivity index (χ0v) is 15.4. The predicted molar refractivity (Wildman–Crippen MR) is 103 cm³/mol. The average molecular weight is 362 g/mol. The Labute approximate surface area is 158 Å². The molecule has 0 aliphatic heterocycles. The third kappa shape index (κ3) is 4.64. The van der Waals surface area contributed by atoms with Gasteiger partial charge >= 0.3 is 0 Å². The van der Waals surface area contributed by atoms with E-state index in [0.29, 0.717) is 17.1 Å². The maximum absolute atomic E-state index is 12.5. The molecule has 0 saturated carbocycles. The van der Waals surface area contributed by atoms with Gasteiger partial charge in [0.25, 0.3) is 5.91 Å². The highest BCUT2D eigenvalue weighted by Crippen LogP contribution is 2.27. The van der Waals surface area contributed by atoms with E-state index >= 15 is 0 Å². The molecular weight excluding hydrogens is 340 g/mol. The number of hydrazine groups is 1. The first kappa shape index (κ1) is 18.5. The molecule has 0 aliphatic rings. The highest BCUT2D eigenvalue weighted by molar-refractivity contribution is 5.96. The second kappa shape index (κ2) is 8.36. The molecule has 0 aliphatic carbocycles. The van der Waals surface area contributed by atoms with Crippen molar-refractivity contribution >= 4 is 11.8 Å². The molecular formula is C22H22N2O3. The van der Waals surface area contributed by atoms with Crippen LogP contribution in [-0.2, 0) is 4.79 Å². The Hall–Kier alpha value is -3.34. The molecule has 2 N–H and O–H groups in total. The van der Waals surface area contributed by atoms with Crippen LogP contribution in [0.1, 0.15) is 45.3 Å². The van der Waals surface area contributed by atoms with E-state index in [9.17, 15) is 9.59 Å². The molecule has 5 heteroatoms. The van der Waals surface area contributed by atoms with E-state index in [1.165, 1.54) is 0 Å². The normalized spacial score (nSPS) is 10.6. The Morgan fingerprint density at radius 2 is 1.44 bits per heavy atom. The molecule has 0 radical (unpaired) electrons. The molecule has 1 heterocycles. The van der Waals surface area contributed by atoms with Gasteiger partial charge in [-0.1, -0.05) is 60.7 Å². The van der Waals surface area contributed by atoms with E-state index in [-0.39, 0.29) is 18.2 Å². The SMILES string of the molecule is Cc1cc(C(=O)NNC(=O)CC(c2ccccc2)c2ccccc2)c(C)o1. The minimum Gasteiger partial charge on any atom is -0.466 e. The first-order chi connectivity index (χ1) is 13.0. The van der Waals surface area contributed by atoms with Crippen molar-refractivity contribution in [2.45, 2.75) is 26.2 Å². The fourth-order valence-electron chi connectivity index (χ4n) is 3.09. The molecule has 0 bridgehead atoms. The number of nitrogens with one attached hydrogen (secondary N) is 2. The summed E-state index contributed by atoms with van der Waals surface area (Å²) in [6.45, 7) is 3.48. The van der Waals surface area contributed by atoms with Gasteiger partial charge in [-0.15, -0.1) is 0 Å². The fourth-order valence-corrected chi connectivity index (χ4v) is 3.09. The van der Waals surface area contributed by atoms with Crippen LogP contribution >= 0.6 is 0 Å². The van der Waals surface area contributed by atoms with Crippen molar-refractivity contribution in [3.8, 4) is 0 Å². The van der Waals surface area contributed by atoms with Gasteiger partial charge in [-0.25, -0.2) is 0 Å². The second-order valence-electron chi connectivity index (χ2n) is 6.41. The predicted octanol–water partition coefficient (Wildman–Crippen LogP) is 3.88. The average Bonchev–Trinajstić information content (AvgIpc) is 3.03. The number of hydrogen-bond donors (Lipinski definition) is 2. The van der Waals surface area contributed by atoms with Crippen LogP contribution in [0.2, 0.25) is 0 Å². The summed E-state index contributed by atoms with van der Waals surface area (Å²) < 4.78 is 5.35. The number of hydrogen-bond acceptors (Lipinski definition) is 3. The molecule has 27 heavy (non-hydrogen) atoms. The Bertz CT molecular complexity index is 878. The van der Waals surface area contributed by atoms with Gasteiger partial charge in [0.1, 0.15) is 11.5 Å². The Morgan fingerprint density at radius 3 is 1.93 bits per heavy atom. The van der Waals surface area contributed by atoms with Crippen LogP contribution in [0.25, 0.3) is 0 Å². The summed E-state index contributed by atoms with van der Waals surface area (Å²) in [6.07, 6.45) is 0.220. The summed E-state index contributed by atoms with van der Waals surface area (Å²) in [6, 6.07) is 21.4. The largest absolute Gasteiger partial charge is 0.466 e. The summed E-state index contributed by atoms with van der Waals surface area (Å²) in [5.74, 6) is 0.415. The summed E-state index contributed by atoms with van der Waals surface area (Å²) >= 11 is 0. The van der Waals surface area contributed by atoms with Crippen LogP contribution in [0.4, 0.5) is 0 Å². The number of carbonyl (C=O) groups excluding carboxylic acids is 2. The molecule has 2 amide bonds. The van der Waals surface area contributed by atoms with Gasteiger partial charge in [-0.05, 0) is 31.0 Å². The summed E-state index contributed by atoms with van der Waals surface area (Å²) in [7, 11) is 0.